The molecule has 1 aliphatic rings. The lowest BCUT2D eigenvalue weighted by molar-refractivity contribution is -0.132. The number of imide groups is 1. The summed E-state index contributed by atoms with van der Waals surface area (Å²) in [6.07, 6.45) is 0.310. The molecule has 4 amide bonds. The van der Waals surface area contributed by atoms with Gasteiger partial charge in [-0.1, -0.05) is 6.92 Å². The van der Waals surface area contributed by atoms with Gasteiger partial charge in [-0.3, -0.25) is 15.0 Å². The first-order valence-electron chi connectivity index (χ1n) is 7.12. The predicted octanol–water partition coefficient (Wildman–Crippen LogP) is 1.05. The van der Waals surface area contributed by atoms with Crippen molar-refractivity contribution in [3.05, 3.63) is 29.8 Å². The quantitative estimate of drug-likeness (QED) is 0.747. The van der Waals surface area contributed by atoms with Crippen molar-refractivity contribution in [2.45, 2.75) is 36.5 Å². The fraction of sp³-hybridized carbons (Fsp3) is 0.357. The summed E-state index contributed by atoms with van der Waals surface area (Å²) >= 11 is 0. The predicted molar refractivity (Wildman–Crippen MR) is 81.2 cm³/mol. The third-order valence-corrected chi connectivity index (χ3v) is 5.26. The van der Waals surface area contributed by atoms with Gasteiger partial charge >= 0.3 is 11.8 Å². The van der Waals surface area contributed by atoms with Crippen LogP contribution in [-0.2, 0) is 14.6 Å². The molecule has 1 saturated heterocycles. The number of hydrogen-bond acceptors (Lipinski definition) is 5. The molecule has 8 nitrogen and oxygen atoms in total. The molecule has 0 unspecified atom stereocenters. The highest BCUT2D eigenvalue weighted by Gasteiger charge is 2.47. The number of amides is 4. The van der Waals surface area contributed by atoms with Crippen molar-refractivity contribution < 1.29 is 31.6 Å². The normalized spacial score (nSPS) is 20.8. The molecule has 25 heavy (non-hydrogen) atoms. The van der Waals surface area contributed by atoms with Gasteiger partial charge in [-0.25, -0.2) is 13.2 Å². The van der Waals surface area contributed by atoms with Crippen molar-refractivity contribution in [3.63, 3.8) is 0 Å². The second-order valence-corrected chi connectivity index (χ2v) is 7.45. The van der Waals surface area contributed by atoms with Crippen LogP contribution in [0.5, 0.6) is 0 Å². The third kappa shape index (κ3) is 3.31. The van der Waals surface area contributed by atoms with E-state index in [2.05, 4.69) is 10.7 Å². The van der Waals surface area contributed by atoms with Crippen LogP contribution in [0, 0.1) is 0 Å². The topological polar surface area (TPSA) is 113 Å². The van der Waals surface area contributed by atoms with Crippen molar-refractivity contribution >= 4 is 27.7 Å². The molecule has 1 aromatic rings. The maximum Gasteiger partial charge on any atom is 0.344 e. The average molecular weight is 375 g/mol. The van der Waals surface area contributed by atoms with Gasteiger partial charge in [0.15, 0.2) is 0 Å². The summed E-state index contributed by atoms with van der Waals surface area (Å²) in [5, 5.41) is 2.96. The molecule has 136 valence electrons. The fourth-order valence-electron chi connectivity index (χ4n) is 2.09. The molecule has 1 atom stereocenters. The zero-order valence-corrected chi connectivity index (χ0v) is 14.1. The van der Waals surface area contributed by atoms with Gasteiger partial charge in [-0.15, -0.1) is 0 Å². The number of carbonyl (C=O) groups is 3. The molecule has 2 N–H and O–H groups in total. The van der Waals surface area contributed by atoms with Crippen LogP contribution in [0.2, 0.25) is 0 Å². The molecule has 2 rings (SSSR count). The van der Waals surface area contributed by atoms with Gasteiger partial charge in [0.1, 0.15) is 5.54 Å². The highest BCUT2D eigenvalue weighted by Crippen LogP contribution is 2.21. The minimum atomic E-state index is -4.77. The Morgan fingerprint density at radius 3 is 2.28 bits per heavy atom. The number of nitrogens with zero attached hydrogens (tertiary/aromatic N) is 1. The molecule has 1 fully saturated rings. The van der Waals surface area contributed by atoms with Crippen LogP contribution >= 0.6 is 0 Å². The number of rotatable bonds is 5. The molecular formula is C14H15F2N3O5S. The van der Waals surface area contributed by atoms with Gasteiger partial charge in [0.2, 0.25) is 9.84 Å². The van der Waals surface area contributed by atoms with E-state index >= 15 is 0 Å². The Morgan fingerprint density at radius 1 is 1.28 bits per heavy atom. The molecule has 11 heteroatoms. The van der Waals surface area contributed by atoms with Crippen molar-refractivity contribution in [1.29, 1.82) is 0 Å². The molecule has 0 aliphatic carbocycles. The average Bonchev–Trinajstić information content (AvgIpc) is 2.78. The summed E-state index contributed by atoms with van der Waals surface area (Å²) in [5.41, 5.74) is 0.849. The van der Waals surface area contributed by atoms with E-state index in [1.807, 2.05) is 0 Å². The molecule has 0 saturated carbocycles. The Balaban J connectivity index is 2.17. The van der Waals surface area contributed by atoms with Gasteiger partial charge in [0.25, 0.3) is 11.8 Å². The van der Waals surface area contributed by atoms with Crippen LogP contribution < -0.4 is 10.7 Å². The Labute approximate surface area is 142 Å². The minimum Gasteiger partial charge on any atom is -0.322 e. The summed E-state index contributed by atoms with van der Waals surface area (Å²) in [6, 6.07) is 2.89. The summed E-state index contributed by atoms with van der Waals surface area (Å²) in [4.78, 5) is 35.4. The second-order valence-electron chi connectivity index (χ2n) is 5.53. The van der Waals surface area contributed by atoms with Crippen LogP contribution in [0.4, 0.5) is 13.6 Å². The van der Waals surface area contributed by atoms with Crippen LogP contribution in [0.25, 0.3) is 0 Å². The number of urea groups is 1. The lowest BCUT2D eigenvalue weighted by Crippen LogP contribution is -2.48. The zero-order valence-electron chi connectivity index (χ0n) is 13.2. The first kappa shape index (κ1) is 18.8. The standard InChI is InChI=1S/C14H15F2N3O5S/c1-3-14(2)11(21)19(13(22)17-14)18-10(20)8-4-6-9(7-5-8)25(23,24)12(15)16/h4-7,12H,3H2,1-2H3,(H,17,22)(H,18,20)/t14-/m0/s1. The zero-order chi connectivity index (χ0) is 19.0. The molecule has 1 aliphatic heterocycles. The Morgan fingerprint density at radius 2 is 1.84 bits per heavy atom. The second kappa shape index (κ2) is 6.39. The first-order chi connectivity index (χ1) is 11.5. The van der Waals surface area contributed by atoms with E-state index in [1.54, 1.807) is 6.92 Å². The lowest BCUT2D eigenvalue weighted by atomic mass is 10.00. The Bertz CT molecular complexity index is 825. The Hall–Kier alpha value is -2.56. The van der Waals surface area contributed by atoms with E-state index in [0.29, 0.717) is 11.4 Å². The number of hydrogen-bond donors (Lipinski definition) is 2. The molecule has 0 bridgehead atoms. The van der Waals surface area contributed by atoms with Crippen molar-refractivity contribution in [3.8, 4) is 0 Å². The summed E-state index contributed by atoms with van der Waals surface area (Å²) in [5.74, 6) is -5.10. The van der Waals surface area contributed by atoms with Crippen LogP contribution in [0.3, 0.4) is 0 Å². The van der Waals surface area contributed by atoms with Gasteiger partial charge < -0.3 is 5.32 Å². The minimum absolute atomic E-state index is 0.112. The largest absolute Gasteiger partial charge is 0.344 e. The Kier molecular flexibility index (Phi) is 4.80. The number of sulfone groups is 1. The summed E-state index contributed by atoms with van der Waals surface area (Å²) in [7, 11) is -4.77. The van der Waals surface area contributed by atoms with Gasteiger partial charge in [0.05, 0.1) is 4.90 Å². The first-order valence-corrected chi connectivity index (χ1v) is 8.67. The number of alkyl halides is 2. The number of carbonyl (C=O) groups excluding carboxylic acids is 3. The number of hydrazine groups is 1. The maximum absolute atomic E-state index is 12.5. The molecular weight excluding hydrogens is 360 g/mol. The third-order valence-electron chi connectivity index (χ3n) is 3.86. The highest BCUT2D eigenvalue weighted by molar-refractivity contribution is 7.91. The van der Waals surface area contributed by atoms with E-state index in [-0.39, 0.29) is 5.56 Å². The molecule has 0 spiro atoms. The van der Waals surface area contributed by atoms with Crippen LogP contribution in [0.15, 0.2) is 29.2 Å². The number of halogens is 2. The number of benzene rings is 1. The molecule has 1 aromatic carbocycles. The van der Waals surface area contributed by atoms with Gasteiger partial charge in [-0.2, -0.15) is 13.8 Å². The molecule has 0 aromatic heterocycles. The van der Waals surface area contributed by atoms with Crippen molar-refractivity contribution in [1.82, 2.24) is 15.8 Å². The van der Waals surface area contributed by atoms with Crippen LogP contribution in [0.1, 0.15) is 30.6 Å². The highest BCUT2D eigenvalue weighted by atomic mass is 32.2. The summed E-state index contributed by atoms with van der Waals surface area (Å²) in [6.45, 7) is 3.19. The smallest absolute Gasteiger partial charge is 0.322 e. The van der Waals surface area contributed by atoms with Crippen molar-refractivity contribution in [2.24, 2.45) is 0 Å². The number of nitrogens with one attached hydrogen (secondary N) is 2. The van der Waals surface area contributed by atoms with E-state index in [0.717, 1.165) is 24.3 Å². The van der Waals surface area contributed by atoms with Crippen LogP contribution in [-0.4, -0.2) is 42.6 Å². The van der Waals surface area contributed by atoms with E-state index < -0.39 is 43.9 Å². The van der Waals surface area contributed by atoms with E-state index in [9.17, 15) is 31.6 Å². The fourth-order valence-corrected chi connectivity index (χ4v) is 2.81. The van der Waals surface area contributed by atoms with Gasteiger partial charge in [-0.05, 0) is 37.6 Å². The maximum atomic E-state index is 12.5. The lowest BCUT2D eigenvalue weighted by Gasteiger charge is -2.19. The monoisotopic (exact) mass is 375 g/mol. The van der Waals surface area contributed by atoms with E-state index in [4.69, 9.17) is 0 Å². The molecule has 0 radical (unpaired) electrons. The van der Waals surface area contributed by atoms with Gasteiger partial charge in [0, 0.05) is 5.56 Å². The SMILES string of the molecule is CC[C@]1(C)NC(=O)N(NC(=O)c2ccc(S(=O)(=O)C(F)F)cc2)C1=O. The van der Waals surface area contributed by atoms with Crippen molar-refractivity contribution in [2.75, 3.05) is 0 Å². The van der Waals surface area contributed by atoms with E-state index in [1.165, 1.54) is 6.92 Å². The summed E-state index contributed by atoms with van der Waals surface area (Å²) < 4.78 is 47.6. The molecule has 1 heterocycles.